The molecule has 1 heterocycles. The topological polar surface area (TPSA) is 248 Å². The zero-order valence-electron chi connectivity index (χ0n) is 29.7. The Morgan fingerprint density at radius 1 is 0.882 bits per heavy atom. The molecule has 1 aliphatic heterocycles. The monoisotopic (exact) mass is 711 g/mol. The van der Waals surface area contributed by atoms with Crippen LogP contribution in [0.4, 0.5) is 0 Å². The van der Waals surface area contributed by atoms with Crippen molar-refractivity contribution >= 4 is 29.5 Å². The Kier molecular flexibility index (Phi) is 16.1. The van der Waals surface area contributed by atoms with Gasteiger partial charge in [-0.15, -0.1) is 0 Å². The molecule has 0 spiro atoms. The maximum Gasteiger partial charge on any atom is 0.243 e. The second kappa shape index (κ2) is 20.2. The average Bonchev–Trinajstić information content (AvgIpc) is 3.10. The van der Waals surface area contributed by atoms with Crippen molar-refractivity contribution in [3.8, 4) is 22.6 Å². The summed E-state index contributed by atoms with van der Waals surface area (Å²) < 4.78 is 0. The molecule has 3 rings (SSSR count). The highest BCUT2D eigenvalue weighted by molar-refractivity contribution is 5.96. The molecule has 0 saturated carbocycles. The van der Waals surface area contributed by atoms with Gasteiger partial charge >= 0.3 is 0 Å². The van der Waals surface area contributed by atoms with Gasteiger partial charge < -0.3 is 58.5 Å². The van der Waals surface area contributed by atoms with Crippen LogP contribution in [0, 0.1) is 0 Å². The first-order chi connectivity index (χ1) is 24.4. The molecule has 4 bridgehead atoms. The first-order valence-electron chi connectivity index (χ1n) is 17.2. The Hall–Kier alpha value is -4.77. The molecule has 5 atom stereocenters. The van der Waals surface area contributed by atoms with Gasteiger partial charge in [-0.25, -0.2) is 0 Å². The molecular formula is C35H53N9O7. The maximum absolute atomic E-state index is 14.0. The van der Waals surface area contributed by atoms with E-state index in [-0.39, 0.29) is 43.3 Å². The van der Waals surface area contributed by atoms with Crippen LogP contribution in [0.15, 0.2) is 36.4 Å². The van der Waals surface area contributed by atoms with Crippen molar-refractivity contribution in [3.63, 3.8) is 0 Å². The van der Waals surface area contributed by atoms with E-state index in [0.29, 0.717) is 48.2 Å². The second-order valence-corrected chi connectivity index (χ2v) is 12.7. The predicted octanol–water partition coefficient (Wildman–Crippen LogP) is -1.91. The van der Waals surface area contributed by atoms with Crippen molar-refractivity contribution in [2.24, 2.45) is 5.73 Å². The van der Waals surface area contributed by atoms with Gasteiger partial charge in [-0.3, -0.25) is 24.0 Å². The molecule has 0 aliphatic carbocycles. The Labute approximate surface area is 298 Å². The zero-order chi connectivity index (χ0) is 37.5. The smallest absolute Gasteiger partial charge is 0.243 e. The number of fused-ring (bicyclic) bond motifs is 5. The number of amides is 5. The summed E-state index contributed by atoms with van der Waals surface area (Å²) in [6, 6.07) is 5.06. The average molecular weight is 712 g/mol. The number of phenols is 2. The van der Waals surface area contributed by atoms with Crippen LogP contribution in [-0.4, -0.2) is 118 Å². The van der Waals surface area contributed by atoms with Crippen LogP contribution < -0.4 is 48.3 Å². The summed E-state index contributed by atoms with van der Waals surface area (Å²) in [6.45, 7) is 1.45. The molecule has 16 heteroatoms. The van der Waals surface area contributed by atoms with Crippen LogP contribution in [-0.2, 0) is 36.8 Å². The molecule has 1 aliphatic rings. The predicted molar refractivity (Wildman–Crippen MR) is 193 cm³/mol. The second-order valence-electron chi connectivity index (χ2n) is 12.7. The lowest BCUT2D eigenvalue weighted by molar-refractivity contribution is -0.134. The highest BCUT2D eigenvalue weighted by Crippen LogP contribution is 2.31. The fraction of sp³-hybridized carbons (Fsp3) is 0.514. The van der Waals surface area contributed by atoms with Crippen LogP contribution >= 0.6 is 0 Å². The maximum atomic E-state index is 14.0. The Morgan fingerprint density at radius 2 is 1.51 bits per heavy atom. The first kappa shape index (κ1) is 40.7. The van der Waals surface area contributed by atoms with Crippen molar-refractivity contribution in [1.29, 1.82) is 0 Å². The third kappa shape index (κ3) is 12.2. The lowest BCUT2D eigenvalue weighted by Crippen LogP contribution is -2.59. The molecule has 280 valence electrons. The van der Waals surface area contributed by atoms with E-state index in [1.54, 1.807) is 45.4 Å². The quantitative estimate of drug-likeness (QED) is 0.0859. The van der Waals surface area contributed by atoms with E-state index in [1.807, 2.05) is 7.05 Å². The first-order valence-corrected chi connectivity index (χ1v) is 17.2. The van der Waals surface area contributed by atoms with E-state index < -0.39 is 60.1 Å². The van der Waals surface area contributed by atoms with Crippen molar-refractivity contribution in [2.45, 2.75) is 68.7 Å². The third-order valence-corrected chi connectivity index (χ3v) is 8.90. The number of carbonyl (C=O) groups excluding carboxylic acids is 5. The Morgan fingerprint density at radius 3 is 2.08 bits per heavy atom. The number of nitrogens with two attached hydrogens (primary N) is 1. The Bertz CT molecular complexity index is 1520. The summed E-state index contributed by atoms with van der Waals surface area (Å²) in [5.74, 6) is -3.59. The number of nitrogens with one attached hydrogen (secondary N) is 8. The number of hydrogen-bond acceptors (Lipinski definition) is 11. The van der Waals surface area contributed by atoms with Gasteiger partial charge in [0.1, 0.15) is 29.6 Å². The van der Waals surface area contributed by atoms with Crippen LogP contribution in [0.3, 0.4) is 0 Å². The molecular weight excluding hydrogens is 658 g/mol. The highest BCUT2D eigenvalue weighted by Gasteiger charge is 2.32. The molecule has 0 saturated heterocycles. The normalized spacial score (nSPS) is 19.0. The van der Waals surface area contributed by atoms with Crippen molar-refractivity contribution in [3.05, 3.63) is 47.5 Å². The summed E-state index contributed by atoms with van der Waals surface area (Å²) in [7, 11) is 6.92. The summed E-state index contributed by atoms with van der Waals surface area (Å²) in [4.78, 5) is 66.7. The number of likely N-dealkylation sites (N-methyl/N-ethyl adjacent to an activating group) is 2. The minimum absolute atomic E-state index is 0.0100. The fourth-order valence-electron chi connectivity index (χ4n) is 5.83. The zero-order valence-corrected chi connectivity index (χ0v) is 29.7. The van der Waals surface area contributed by atoms with Gasteiger partial charge in [0.15, 0.2) is 0 Å². The fourth-order valence-corrected chi connectivity index (χ4v) is 5.83. The number of rotatable bonds is 16. The molecule has 2 aromatic rings. The molecule has 0 fully saturated rings. The van der Waals surface area contributed by atoms with E-state index in [0.717, 1.165) is 0 Å². The molecule has 5 amide bonds. The molecule has 0 radical (unpaired) electrons. The van der Waals surface area contributed by atoms with Crippen LogP contribution in [0.25, 0.3) is 11.1 Å². The number of benzene rings is 2. The Balaban J connectivity index is 2.03. The number of hydrogen-bond donors (Lipinski definition) is 11. The summed E-state index contributed by atoms with van der Waals surface area (Å²) in [6.07, 6.45) is 0.814. The van der Waals surface area contributed by atoms with E-state index in [9.17, 15) is 34.2 Å². The van der Waals surface area contributed by atoms with Crippen LogP contribution in [0.1, 0.15) is 36.8 Å². The molecule has 2 aromatic carbocycles. The van der Waals surface area contributed by atoms with Crippen molar-refractivity contribution < 1.29 is 34.2 Å². The van der Waals surface area contributed by atoms with Crippen LogP contribution in [0.5, 0.6) is 11.5 Å². The lowest BCUT2D eigenvalue weighted by Gasteiger charge is -2.27. The van der Waals surface area contributed by atoms with Crippen molar-refractivity contribution in [1.82, 2.24) is 42.5 Å². The standard InChI is InChI=1S/C35H53N9O7/c1-37-12-5-6-25-33(49)43-27(35(51)44-28(18-31(36)47)32(48)41-19-24(39-3)11-13-38-2)17-23-15-21(8-10-30(23)46)20-7-9-29(45)22(14-20)16-26(40-4)34(50)42-25/h7-10,14-15,24-28,37-40,45-46H,5-6,11-13,16-19H2,1-4H3,(H2,36,47)(H,41,48)(H,42,50)(H,43,49)(H,44,51)/t24-,25-,26-,27-,28-/m0/s1. The number of primary amides is 1. The van der Waals surface area contributed by atoms with Gasteiger partial charge in [0.25, 0.3) is 0 Å². The third-order valence-electron chi connectivity index (χ3n) is 8.90. The summed E-state index contributed by atoms with van der Waals surface area (Å²) >= 11 is 0. The summed E-state index contributed by atoms with van der Waals surface area (Å²) in [5, 5.41) is 44.5. The molecule has 12 N–H and O–H groups in total. The highest BCUT2D eigenvalue weighted by atomic mass is 16.3. The molecule has 51 heavy (non-hydrogen) atoms. The SMILES string of the molecule is CNCCC[C@@H]1NC(=O)[C@@H](NC)Cc2cc(ccc2O)-c2ccc(O)c(c2)C[C@@H](C(=O)N[C@@H](CC(N)=O)C(=O)NC[C@H](CCNC)NC)NC1=O. The minimum Gasteiger partial charge on any atom is -0.508 e. The van der Waals surface area contributed by atoms with Crippen molar-refractivity contribution in [2.75, 3.05) is 47.8 Å². The van der Waals surface area contributed by atoms with Gasteiger partial charge in [-0.1, -0.05) is 12.1 Å². The molecule has 16 nitrogen and oxygen atoms in total. The van der Waals surface area contributed by atoms with Gasteiger partial charge in [0, 0.05) is 25.4 Å². The van der Waals surface area contributed by atoms with E-state index in [2.05, 4.69) is 42.5 Å². The van der Waals surface area contributed by atoms with Gasteiger partial charge in [-0.2, -0.15) is 0 Å². The van der Waals surface area contributed by atoms with Gasteiger partial charge in [0.05, 0.1) is 12.5 Å². The summed E-state index contributed by atoms with van der Waals surface area (Å²) in [5.41, 5.74) is 7.57. The molecule has 0 aromatic heterocycles. The van der Waals surface area contributed by atoms with Crippen LogP contribution in [0.2, 0.25) is 0 Å². The lowest BCUT2D eigenvalue weighted by atomic mass is 9.95. The van der Waals surface area contributed by atoms with E-state index in [4.69, 9.17) is 5.73 Å². The van der Waals surface area contributed by atoms with Gasteiger partial charge in [-0.05, 0) is 107 Å². The van der Waals surface area contributed by atoms with E-state index >= 15 is 0 Å². The number of aromatic hydroxyl groups is 2. The largest absolute Gasteiger partial charge is 0.508 e. The van der Waals surface area contributed by atoms with Gasteiger partial charge in [0.2, 0.25) is 29.5 Å². The molecule has 0 unspecified atom stereocenters. The van der Waals surface area contributed by atoms with E-state index in [1.165, 1.54) is 12.1 Å². The number of carbonyl (C=O) groups is 5. The number of phenolic OH excluding ortho intramolecular Hbond substituents is 2. The minimum atomic E-state index is -1.36.